The molecule has 1 saturated heterocycles. The van der Waals surface area contributed by atoms with E-state index in [1.807, 2.05) is 0 Å². The standard InChI is InChI=1S/C36H81NO8Si4/c1-33(2,3)46(13,14)41-27-28-29(43-47(15,16)34(4,5)6)30(44-48(17,18)35(7,8)9)31(45-49(19,20)36(10,11)12)32(42-28)40-26-25-39-24-23-38-22-21-37/h28-32H,21-27,37H2,1-20H3. The zero-order chi connectivity index (χ0) is 38.5. The van der Waals surface area contributed by atoms with Crippen LogP contribution in [0.5, 0.6) is 0 Å². The molecule has 0 amide bonds. The molecule has 0 saturated carbocycles. The summed E-state index contributed by atoms with van der Waals surface area (Å²) in [6.45, 7) is 48.8. The molecule has 2 N–H and O–H groups in total. The normalized spacial score (nSPS) is 24.1. The van der Waals surface area contributed by atoms with Crippen LogP contribution in [0.3, 0.4) is 0 Å². The average Bonchev–Trinajstić information content (AvgIpc) is 2.89. The highest BCUT2D eigenvalue weighted by Crippen LogP contribution is 2.46. The van der Waals surface area contributed by atoms with Crippen LogP contribution in [0.4, 0.5) is 0 Å². The second-order valence-corrected chi connectivity index (χ2v) is 39.1. The van der Waals surface area contributed by atoms with Crippen LogP contribution in [0.1, 0.15) is 83.1 Å². The third-order valence-corrected chi connectivity index (χ3v) is 29.8. The predicted octanol–water partition coefficient (Wildman–Crippen LogP) is 8.91. The van der Waals surface area contributed by atoms with Crippen molar-refractivity contribution in [1.82, 2.24) is 0 Å². The van der Waals surface area contributed by atoms with Crippen molar-refractivity contribution in [2.45, 2.75) is 186 Å². The van der Waals surface area contributed by atoms with Crippen molar-refractivity contribution in [2.24, 2.45) is 5.73 Å². The van der Waals surface area contributed by atoms with Gasteiger partial charge in [0.25, 0.3) is 0 Å². The Balaban J connectivity index is 3.80. The van der Waals surface area contributed by atoms with Crippen LogP contribution < -0.4 is 5.73 Å². The lowest BCUT2D eigenvalue weighted by Gasteiger charge is -2.54. The monoisotopic (exact) mass is 768 g/mol. The van der Waals surface area contributed by atoms with Crippen LogP contribution in [0.15, 0.2) is 0 Å². The van der Waals surface area contributed by atoms with Gasteiger partial charge in [0.1, 0.15) is 24.4 Å². The maximum Gasteiger partial charge on any atom is 0.192 e. The van der Waals surface area contributed by atoms with Gasteiger partial charge in [0.15, 0.2) is 39.6 Å². The Morgan fingerprint density at radius 3 is 1.27 bits per heavy atom. The van der Waals surface area contributed by atoms with Gasteiger partial charge in [-0.3, -0.25) is 0 Å². The smallest absolute Gasteiger partial charge is 0.192 e. The van der Waals surface area contributed by atoms with Crippen LogP contribution >= 0.6 is 0 Å². The lowest BCUT2D eigenvalue weighted by molar-refractivity contribution is -0.293. The van der Waals surface area contributed by atoms with Crippen molar-refractivity contribution < 1.29 is 36.7 Å². The van der Waals surface area contributed by atoms with Crippen molar-refractivity contribution in [3.05, 3.63) is 0 Å². The van der Waals surface area contributed by atoms with E-state index in [-0.39, 0.29) is 20.2 Å². The average molecular weight is 768 g/mol. The van der Waals surface area contributed by atoms with E-state index in [2.05, 4.69) is 135 Å². The van der Waals surface area contributed by atoms with E-state index in [0.717, 1.165) is 0 Å². The largest absolute Gasteiger partial charge is 0.414 e. The van der Waals surface area contributed by atoms with Crippen molar-refractivity contribution >= 4 is 33.3 Å². The molecule has 1 aliphatic heterocycles. The summed E-state index contributed by atoms with van der Waals surface area (Å²) in [6, 6.07) is 0. The van der Waals surface area contributed by atoms with Gasteiger partial charge in [-0.05, 0) is 72.5 Å². The maximum atomic E-state index is 7.50. The molecule has 1 rings (SSSR count). The summed E-state index contributed by atoms with van der Waals surface area (Å²) < 4.78 is 54.2. The summed E-state index contributed by atoms with van der Waals surface area (Å²) >= 11 is 0. The molecule has 1 heterocycles. The number of ether oxygens (including phenoxy) is 4. The zero-order valence-corrected chi connectivity index (χ0v) is 39.7. The SMILES string of the molecule is CC(C)(C)[Si](C)(C)OCC1OC(OCCOCCOCCN)C(O[Si](C)(C)C(C)(C)C)C(O[Si](C)(C)C(C)(C)C)C1O[Si](C)(C)C(C)(C)C. The third-order valence-electron chi connectivity index (χ3n) is 11.9. The molecule has 0 aromatic carbocycles. The Kier molecular flexibility index (Phi) is 17.2. The number of nitrogens with two attached hydrogens (primary N) is 1. The van der Waals surface area contributed by atoms with E-state index in [9.17, 15) is 0 Å². The fraction of sp³-hybridized carbons (Fsp3) is 1.00. The van der Waals surface area contributed by atoms with Gasteiger partial charge in [0, 0.05) is 6.54 Å². The minimum Gasteiger partial charge on any atom is -0.414 e. The summed E-state index contributed by atoms with van der Waals surface area (Å²) in [6.07, 6.45) is -2.41. The summed E-state index contributed by atoms with van der Waals surface area (Å²) in [5.74, 6) is 0. The molecule has 0 bridgehead atoms. The molecule has 49 heavy (non-hydrogen) atoms. The van der Waals surface area contributed by atoms with Gasteiger partial charge in [-0.2, -0.15) is 0 Å². The molecular weight excluding hydrogens is 687 g/mol. The Hall–Kier alpha value is 0.508. The summed E-state index contributed by atoms with van der Waals surface area (Å²) in [5, 5.41) is -0.0429. The minimum atomic E-state index is -2.35. The van der Waals surface area contributed by atoms with Crippen LogP contribution in [-0.4, -0.2) is 110 Å². The van der Waals surface area contributed by atoms with E-state index < -0.39 is 64.0 Å². The fourth-order valence-corrected chi connectivity index (χ4v) is 9.15. The van der Waals surface area contributed by atoms with Gasteiger partial charge in [-0.15, -0.1) is 0 Å². The van der Waals surface area contributed by atoms with Crippen LogP contribution in [-0.2, 0) is 36.7 Å². The minimum absolute atomic E-state index is 0.0201. The Morgan fingerprint density at radius 1 is 0.490 bits per heavy atom. The molecular formula is C36H81NO8Si4. The number of hydrogen-bond donors (Lipinski definition) is 1. The first kappa shape index (κ1) is 47.5. The molecule has 13 heteroatoms. The molecule has 0 aromatic heterocycles. The predicted molar refractivity (Wildman–Crippen MR) is 215 cm³/mol. The maximum absolute atomic E-state index is 7.50. The molecule has 1 aliphatic rings. The quantitative estimate of drug-likeness (QED) is 0.108. The van der Waals surface area contributed by atoms with Gasteiger partial charge < -0.3 is 42.4 Å². The van der Waals surface area contributed by atoms with Gasteiger partial charge in [-0.1, -0.05) is 83.1 Å². The second-order valence-electron chi connectivity index (χ2n) is 20.0. The number of rotatable bonds is 18. The van der Waals surface area contributed by atoms with Gasteiger partial charge >= 0.3 is 0 Å². The fourth-order valence-electron chi connectivity index (χ4n) is 4.23. The van der Waals surface area contributed by atoms with Crippen LogP contribution in [0.2, 0.25) is 72.5 Å². The zero-order valence-electron chi connectivity index (χ0n) is 35.7. The van der Waals surface area contributed by atoms with E-state index in [0.29, 0.717) is 46.2 Å². The lowest BCUT2D eigenvalue weighted by atomic mass is 9.99. The molecule has 5 unspecified atom stereocenters. The molecule has 1 fully saturated rings. The molecule has 0 spiro atoms. The molecule has 294 valence electrons. The first-order valence-electron chi connectivity index (χ1n) is 18.6. The van der Waals surface area contributed by atoms with Crippen molar-refractivity contribution in [2.75, 3.05) is 46.2 Å². The molecule has 9 nitrogen and oxygen atoms in total. The van der Waals surface area contributed by atoms with E-state index in [1.165, 1.54) is 0 Å². The summed E-state index contributed by atoms with van der Waals surface area (Å²) in [7, 11) is -9.13. The third kappa shape index (κ3) is 13.7. The first-order chi connectivity index (χ1) is 21.8. The van der Waals surface area contributed by atoms with Crippen molar-refractivity contribution in [3.8, 4) is 0 Å². The van der Waals surface area contributed by atoms with E-state index in [1.54, 1.807) is 0 Å². The molecule has 0 radical (unpaired) electrons. The van der Waals surface area contributed by atoms with Gasteiger partial charge in [-0.25, -0.2) is 0 Å². The Bertz CT molecular complexity index is 983. The van der Waals surface area contributed by atoms with Gasteiger partial charge in [0.05, 0.1) is 39.6 Å². The van der Waals surface area contributed by atoms with E-state index in [4.69, 9.17) is 42.4 Å². The highest BCUT2D eigenvalue weighted by atomic mass is 28.4. The van der Waals surface area contributed by atoms with Crippen LogP contribution in [0, 0.1) is 0 Å². The highest BCUT2D eigenvalue weighted by molar-refractivity contribution is 6.75. The molecule has 5 atom stereocenters. The second kappa shape index (κ2) is 17.8. The van der Waals surface area contributed by atoms with Crippen molar-refractivity contribution in [3.63, 3.8) is 0 Å². The Labute approximate surface area is 307 Å². The topological polar surface area (TPSA) is 99.9 Å². The van der Waals surface area contributed by atoms with Gasteiger partial charge in [0.2, 0.25) is 0 Å². The lowest BCUT2D eigenvalue weighted by Crippen LogP contribution is -2.68. The Morgan fingerprint density at radius 2 is 0.857 bits per heavy atom. The number of hydrogen-bond acceptors (Lipinski definition) is 9. The molecule has 0 aromatic rings. The van der Waals surface area contributed by atoms with Crippen molar-refractivity contribution in [1.29, 1.82) is 0 Å². The summed E-state index contributed by atoms with van der Waals surface area (Å²) in [4.78, 5) is 0. The summed E-state index contributed by atoms with van der Waals surface area (Å²) in [5.41, 5.74) is 5.54. The molecule has 0 aliphatic carbocycles. The first-order valence-corrected chi connectivity index (χ1v) is 30.2. The van der Waals surface area contributed by atoms with E-state index >= 15 is 0 Å². The van der Waals surface area contributed by atoms with Crippen LogP contribution in [0.25, 0.3) is 0 Å². The highest BCUT2D eigenvalue weighted by Gasteiger charge is 2.57.